The Bertz CT molecular complexity index is 1170. The fraction of sp³-hybridized carbons (Fsp3) is 0.485. The van der Waals surface area contributed by atoms with Crippen molar-refractivity contribution in [2.45, 2.75) is 84.3 Å². The van der Waals surface area contributed by atoms with Gasteiger partial charge in [-0.25, -0.2) is 4.98 Å². The van der Waals surface area contributed by atoms with Gasteiger partial charge in [-0.3, -0.25) is 14.5 Å². The summed E-state index contributed by atoms with van der Waals surface area (Å²) in [7, 11) is 1.98. The lowest BCUT2D eigenvalue weighted by atomic mass is 9.99. The molecule has 1 heterocycles. The standard InChI is InChI=1S/C33H46N4O2S/c1-24(2)18-19-37(6)30(21-28-22-40-23-34-28)32(39)35-29(31(38)36-33(3,4)5)20-27-16-14-26(15-17-27)13-12-25-10-8-7-9-11-25/h7-11,14-17,22-24,29-30H,12-13,18-21H2,1-6H3,(H,35,39)(H,36,38). The molecule has 2 aromatic carbocycles. The number of nitrogens with zero attached hydrogens (tertiary/aromatic N) is 2. The fourth-order valence-electron chi connectivity index (χ4n) is 4.55. The van der Waals surface area contributed by atoms with Crippen molar-refractivity contribution < 1.29 is 9.59 Å². The quantitative estimate of drug-likeness (QED) is 0.274. The number of aryl methyl sites for hydroxylation is 2. The van der Waals surface area contributed by atoms with Crippen LogP contribution in [0.3, 0.4) is 0 Å². The van der Waals surface area contributed by atoms with E-state index in [1.165, 1.54) is 22.5 Å². The van der Waals surface area contributed by atoms with Crippen molar-refractivity contribution in [2.75, 3.05) is 13.6 Å². The summed E-state index contributed by atoms with van der Waals surface area (Å²) in [4.78, 5) is 33.7. The van der Waals surface area contributed by atoms with Crippen LogP contribution in [0.1, 0.15) is 63.4 Å². The molecule has 0 aliphatic heterocycles. The molecule has 0 spiro atoms. The Balaban J connectivity index is 1.73. The molecule has 0 aliphatic carbocycles. The van der Waals surface area contributed by atoms with Gasteiger partial charge in [0, 0.05) is 23.8 Å². The zero-order valence-corrected chi connectivity index (χ0v) is 25.8. The minimum absolute atomic E-state index is 0.146. The highest BCUT2D eigenvalue weighted by molar-refractivity contribution is 7.07. The molecule has 40 heavy (non-hydrogen) atoms. The highest BCUT2D eigenvalue weighted by atomic mass is 32.1. The van der Waals surface area contributed by atoms with Crippen molar-refractivity contribution in [3.8, 4) is 0 Å². The molecule has 3 rings (SSSR count). The van der Waals surface area contributed by atoms with Crippen molar-refractivity contribution in [1.82, 2.24) is 20.5 Å². The lowest BCUT2D eigenvalue weighted by Gasteiger charge is -2.30. The Labute approximate surface area is 244 Å². The first-order valence-electron chi connectivity index (χ1n) is 14.3. The molecule has 3 aromatic rings. The van der Waals surface area contributed by atoms with Gasteiger partial charge in [0.2, 0.25) is 11.8 Å². The molecule has 1 aromatic heterocycles. The lowest BCUT2D eigenvalue weighted by molar-refractivity contribution is -0.132. The molecule has 6 nitrogen and oxygen atoms in total. The number of carbonyl (C=O) groups is 2. The summed E-state index contributed by atoms with van der Waals surface area (Å²) in [6, 6.07) is 17.8. The number of nitrogens with one attached hydrogen (secondary N) is 2. The third-order valence-corrected chi connectivity index (χ3v) is 7.55. The highest BCUT2D eigenvalue weighted by Crippen LogP contribution is 2.14. The zero-order chi connectivity index (χ0) is 29.1. The van der Waals surface area contributed by atoms with Crippen LogP contribution in [-0.2, 0) is 35.3 Å². The summed E-state index contributed by atoms with van der Waals surface area (Å²) < 4.78 is 0. The number of hydrogen-bond donors (Lipinski definition) is 2. The lowest BCUT2D eigenvalue weighted by Crippen LogP contribution is -2.57. The van der Waals surface area contributed by atoms with E-state index in [1.54, 1.807) is 5.51 Å². The Morgan fingerprint density at radius 2 is 1.52 bits per heavy atom. The summed E-state index contributed by atoms with van der Waals surface area (Å²) in [5, 5.41) is 8.17. The van der Waals surface area contributed by atoms with Crippen molar-refractivity contribution in [3.05, 3.63) is 87.9 Å². The molecule has 7 heteroatoms. The molecule has 0 fully saturated rings. The van der Waals surface area contributed by atoms with E-state index >= 15 is 0 Å². The van der Waals surface area contributed by atoms with Gasteiger partial charge in [-0.1, -0.05) is 68.4 Å². The van der Waals surface area contributed by atoms with Gasteiger partial charge in [0.05, 0.1) is 17.2 Å². The number of hydrogen-bond acceptors (Lipinski definition) is 5. The van der Waals surface area contributed by atoms with Crippen LogP contribution in [0.5, 0.6) is 0 Å². The van der Waals surface area contributed by atoms with Gasteiger partial charge in [0.15, 0.2) is 0 Å². The molecular weight excluding hydrogens is 516 g/mol. The van der Waals surface area contributed by atoms with Crippen LogP contribution in [0.15, 0.2) is 65.5 Å². The molecule has 0 saturated heterocycles. The van der Waals surface area contributed by atoms with E-state index in [-0.39, 0.29) is 11.8 Å². The first-order valence-corrected chi connectivity index (χ1v) is 15.3. The zero-order valence-electron chi connectivity index (χ0n) is 24.9. The van der Waals surface area contributed by atoms with Crippen molar-refractivity contribution in [1.29, 1.82) is 0 Å². The summed E-state index contributed by atoms with van der Waals surface area (Å²) in [6.07, 6.45) is 3.86. The molecule has 2 atom stereocenters. The van der Waals surface area contributed by atoms with E-state index in [0.717, 1.165) is 37.1 Å². The van der Waals surface area contributed by atoms with Crippen LogP contribution in [-0.4, -0.2) is 52.9 Å². The summed E-state index contributed by atoms with van der Waals surface area (Å²) in [5.41, 5.74) is 5.86. The third kappa shape index (κ3) is 10.9. The highest BCUT2D eigenvalue weighted by Gasteiger charge is 2.30. The van der Waals surface area contributed by atoms with Crippen molar-refractivity contribution in [3.63, 3.8) is 0 Å². The average Bonchev–Trinajstić information content (AvgIpc) is 3.42. The fourth-order valence-corrected chi connectivity index (χ4v) is 5.12. The van der Waals surface area contributed by atoms with Crippen molar-refractivity contribution >= 4 is 23.2 Å². The third-order valence-electron chi connectivity index (χ3n) is 6.92. The molecule has 0 radical (unpaired) electrons. The largest absolute Gasteiger partial charge is 0.350 e. The van der Waals surface area contributed by atoms with E-state index in [2.05, 4.69) is 82.9 Å². The second-order valence-corrected chi connectivity index (χ2v) is 12.9. The predicted molar refractivity (Wildman–Crippen MR) is 166 cm³/mol. The van der Waals surface area contributed by atoms with Gasteiger partial charge in [0.25, 0.3) is 0 Å². The predicted octanol–water partition coefficient (Wildman–Crippen LogP) is 5.46. The van der Waals surface area contributed by atoms with Gasteiger partial charge < -0.3 is 10.6 Å². The van der Waals surface area contributed by atoms with Gasteiger partial charge in [-0.05, 0) is 76.2 Å². The Morgan fingerprint density at radius 3 is 2.10 bits per heavy atom. The van der Waals surface area contributed by atoms with E-state index in [4.69, 9.17) is 0 Å². The molecular formula is C33H46N4O2S. The van der Waals surface area contributed by atoms with Gasteiger partial charge in [-0.15, -0.1) is 11.3 Å². The first-order chi connectivity index (χ1) is 19.0. The van der Waals surface area contributed by atoms with E-state index < -0.39 is 17.6 Å². The van der Waals surface area contributed by atoms with Crippen LogP contribution in [0.4, 0.5) is 0 Å². The number of amides is 2. The summed E-state index contributed by atoms with van der Waals surface area (Å²) in [6.45, 7) is 11.0. The Hall–Kier alpha value is -3.03. The average molecular weight is 563 g/mol. The molecule has 2 N–H and O–H groups in total. The summed E-state index contributed by atoms with van der Waals surface area (Å²) in [5.74, 6) is 0.213. The molecule has 0 bridgehead atoms. The number of aromatic nitrogens is 1. The minimum atomic E-state index is -0.682. The monoisotopic (exact) mass is 562 g/mol. The van der Waals surface area contributed by atoms with Gasteiger partial charge in [-0.2, -0.15) is 0 Å². The van der Waals surface area contributed by atoms with Crippen LogP contribution in [0.25, 0.3) is 0 Å². The topological polar surface area (TPSA) is 74.3 Å². The number of thiazole rings is 1. The number of rotatable bonds is 14. The van der Waals surface area contributed by atoms with Gasteiger partial charge in [0.1, 0.15) is 6.04 Å². The van der Waals surface area contributed by atoms with Crippen molar-refractivity contribution in [2.24, 2.45) is 5.92 Å². The van der Waals surface area contributed by atoms with E-state index in [0.29, 0.717) is 18.8 Å². The maximum Gasteiger partial charge on any atom is 0.243 e. The van der Waals surface area contributed by atoms with Crippen LogP contribution in [0, 0.1) is 5.92 Å². The second kappa shape index (κ2) is 15.1. The molecule has 2 unspecified atom stereocenters. The molecule has 216 valence electrons. The summed E-state index contributed by atoms with van der Waals surface area (Å²) >= 11 is 1.53. The number of likely N-dealkylation sites (N-methyl/N-ethyl adjacent to an activating group) is 1. The molecule has 2 amide bonds. The second-order valence-electron chi connectivity index (χ2n) is 12.2. The Morgan fingerprint density at radius 1 is 0.900 bits per heavy atom. The smallest absolute Gasteiger partial charge is 0.243 e. The first kappa shape index (κ1) is 31.5. The van der Waals surface area contributed by atoms with Gasteiger partial charge >= 0.3 is 0 Å². The molecule has 0 aliphatic rings. The molecule has 0 saturated carbocycles. The number of benzene rings is 2. The van der Waals surface area contributed by atoms with Crippen LogP contribution in [0.2, 0.25) is 0 Å². The van der Waals surface area contributed by atoms with Crippen LogP contribution >= 0.6 is 11.3 Å². The number of carbonyl (C=O) groups excluding carboxylic acids is 2. The van der Waals surface area contributed by atoms with E-state index in [9.17, 15) is 9.59 Å². The van der Waals surface area contributed by atoms with Crippen LogP contribution < -0.4 is 10.6 Å². The minimum Gasteiger partial charge on any atom is -0.350 e. The Kier molecular flexibility index (Phi) is 11.9. The normalized spacial score (nSPS) is 13.3. The maximum absolute atomic E-state index is 13.7. The SMILES string of the molecule is CC(C)CCN(C)C(Cc1cscn1)C(=O)NC(Cc1ccc(CCc2ccccc2)cc1)C(=O)NC(C)(C)C. The maximum atomic E-state index is 13.7. The van der Waals surface area contributed by atoms with E-state index in [1.807, 2.05) is 39.3 Å².